The summed E-state index contributed by atoms with van der Waals surface area (Å²) in [6.45, 7) is 3.07. The van der Waals surface area contributed by atoms with Crippen LogP contribution in [0.3, 0.4) is 0 Å². The van der Waals surface area contributed by atoms with Crippen LogP contribution in [0, 0.1) is 12.7 Å². The minimum atomic E-state index is -1.02. The van der Waals surface area contributed by atoms with Gasteiger partial charge in [0.2, 0.25) is 0 Å². The summed E-state index contributed by atoms with van der Waals surface area (Å²) in [7, 11) is 0. The molecule has 14 heavy (non-hydrogen) atoms. The van der Waals surface area contributed by atoms with E-state index in [0.717, 1.165) is 0 Å². The van der Waals surface area contributed by atoms with E-state index in [0.29, 0.717) is 10.0 Å². The average Bonchev–Trinajstić information content (AvgIpc) is 2.13. The van der Waals surface area contributed by atoms with Crippen molar-refractivity contribution in [3.63, 3.8) is 0 Å². The lowest BCUT2D eigenvalue weighted by Gasteiger charge is -2.10. The maximum absolute atomic E-state index is 13.6. The molecule has 0 saturated carbocycles. The molecular weight excluding hydrogens is 251 g/mol. The summed E-state index contributed by atoms with van der Waals surface area (Å²) < 4.78 is 14.2. The minimum Gasteiger partial charge on any atom is -0.481 e. The zero-order valence-corrected chi connectivity index (χ0v) is 9.43. The fourth-order valence-corrected chi connectivity index (χ4v) is 1.46. The largest absolute Gasteiger partial charge is 0.481 e. The van der Waals surface area contributed by atoms with Crippen molar-refractivity contribution in [1.29, 1.82) is 0 Å². The van der Waals surface area contributed by atoms with Gasteiger partial charge in [0.05, 0.1) is 5.92 Å². The molecule has 2 nitrogen and oxygen atoms in total. The zero-order valence-electron chi connectivity index (χ0n) is 7.84. The lowest BCUT2D eigenvalue weighted by Crippen LogP contribution is -2.10. The van der Waals surface area contributed by atoms with Crippen LogP contribution < -0.4 is 0 Å². The molecule has 1 unspecified atom stereocenters. The first kappa shape index (κ1) is 11.2. The first-order valence-electron chi connectivity index (χ1n) is 4.12. The normalized spacial score (nSPS) is 12.6. The van der Waals surface area contributed by atoms with Gasteiger partial charge in [-0.25, -0.2) is 4.39 Å². The van der Waals surface area contributed by atoms with Crippen LogP contribution in [0.4, 0.5) is 4.39 Å². The van der Waals surface area contributed by atoms with Crippen molar-refractivity contribution in [3.05, 3.63) is 33.5 Å². The van der Waals surface area contributed by atoms with E-state index in [1.165, 1.54) is 13.0 Å². The second kappa shape index (κ2) is 4.09. The lowest BCUT2D eigenvalue weighted by molar-refractivity contribution is -0.138. The third kappa shape index (κ3) is 1.95. The molecular formula is C10H10BrFO2. The van der Waals surface area contributed by atoms with Crippen LogP contribution in [0.25, 0.3) is 0 Å². The van der Waals surface area contributed by atoms with Crippen molar-refractivity contribution in [3.8, 4) is 0 Å². The molecule has 0 spiro atoms. The van der Waals surface area contributed by atoms with Gasteiger partial charge in [0.15, 0.2) is 0 Å². The second-order valence-electron chi connectivity index (χ2n) is 3.14. The molecule has 0 aromatic heterocycles. The summed E-state index contributed by atoms with van der Waals surface area (Å²) in [6, 6.07) is 3.15. The van der Waals surface area contributed by atoms with Crippen molar-refractivity contribution < 1.29 is 14.3 Å². The minimum absolute atomic E-state index is 0.221. The van der Waals surface area contributed by atoms with E-state index in [4.69, 9.17) is 5.11 Å². The highest BCUT2D eigenvalue weighted by Crippen LogP contribution is 2.26. The molecule has 0 amide bonds. The van der Waals surface area contributed by atoms with E-state index in [1.54, 1.807) is 13.0 Å². The van der Waals surface area contributed by atoms with Crippen molar-refractivity contribution in [1.82, 2.24) is 0 Å². The summed E-state index contributed by atoms with van der Waals surface area (Å²) in [5, 5.41) is 8.74. The fraction of sp³-hybridized carbons (Fsp3) is 0.300. The molecule has 1 aromatic rings. The number of halogens is 2. The molecule has 0 fully saturated rings. The van der Waals surface area contributed by atoms with E-state index in [-0.39, 0.29) is 5.56 Å². The van der Waals surface area contributed by atoms with Crippen LogP contribution in [-0.2, 0) is 4.79 Å². The van der Waals surface area contributed by atoms with Crippen LogP contribution in [0.2, 0.25) is 0 Å². The Morgan fingerprint density at radius 3 is 2.64 bits per heavy atom. The highest BCUT2D eigenvalue weighted by molar-refractivity contribution is 9.10. The standard InChI is InChI=1S/C10H10BrFO2/c1-5(10(13)14)7-3-4-8(11)6(2)9(7)12/h3-5H,1-2H3,(H,13,14). The molecule has 4 heteroatoms. The monoisotopic (exact) mass is 260 g/mol. The third-order valence-corrected chi connectivity index (χ3v) is 3.05. The number of rotatable bonds is 2. The second-order valence-corrected chi connectivity index (χ2v) is 3.99. The topological polar surface area (TPSA) is 37.3 Å². The Labute approximate surface area is 89.9 Å². The molecule has 0 aliphatic rings. The summed E-state index contributed by atoms with van der Waals surface area (Å²) in [4.78, 5) is 10.7. The smallest absolute Gasteiger partial charge is 0.310 e. The van der Waals surface area contributed by atoms with Gasteiger partial charge in [0.25, 0.3) is 0 Å². The van der Waals surface area contributed by atoms with Gasteiger partial charge in [-0.15, -0.1) is 0 Å². The van der Waals surface area contributed by atoms with Crippen molar-refractivity contribution in [2.45, 2.75) is 19.8 Å². The van der Waals surface area contributed by atoms with E-state index < -0.39 is 17.7 Å². The fourth-order valence-electron chi connectivity index (χ4n) is 1.15. The number of hydrogen-bond donors (Lipinski definition) is 1. The molecule has 0 aliphatic heterocycles. The molecule has 0 radical (unpaired) electrons. The Morgan fingerprint density at radius 2 is 2.14 bits per heavy atom. The van der Waals surface area contributed by atoms with E-state index in [9.17, 15) is 9.18 Å². The van der Waals surface area contributed by atoms with Crippen LogP contribution in [0.1, 0.15) is 24.0 Å². The van der Waals surface area contributed by atoms with Crippen LogP contribution in [-0.4, -0.2) is 11.1 Å². The van der Waals surface area contributed by atoms with E-state index >= 15 is 0 Å². The highest BCUT2D eigenvalue weighted by atomic mass is 79.9. The van der Waals surface area contributed by atoms with Crippen molar-refractivity contribution in [2.75, 3.05) is 0 Å². The molecule has 1 aromatic carbocycles. The summed E-state index contributed by atoms with van der Waals surface area (Å²) >= 11 is 3.18. The van der Waals surface area contributed by atoms with Crippen molar-refractivity contribution in [2.24, 2.45) is 0 Å². The van der Waals surface area contributed by atoms with E-state index in [2.05, 4.69) is 15.9 Å². The van der Waals surface area contributed by atoms with E-state index in [1.807, 2.05) is 0 Å². The number of aliphatic carboxylic acids is 1. The number of hydrogen-bond acceptors (Lipinski definition) is 1. The highest BCUT2D eigenvalue weighted by Gasteiger charge is 2.19. The molecule has 76 valence electrons. The SMILES string of the molecule is Cc1c(Br)ccc(C(C)C(=O)O)c1F. The van der Waals surface area contributed by atoms with Gasteiger partial charge in [0, 0.05) is 10.0 Å². The Morgan fingerprint density at radius 1 is 1.57 bits per heavy atom. The maximum Gasteiger partial charge on any atom is 0.310 e. The van der Waals surface area contributed by atoms with Gasteiger partial charge in [0.1, 0.15) is 5.82 Å². The van der Waals surface area contributed by atoms with Crippen LogP contribution >= 0.6 is 15.9 Å². The Hall–Kier alpha value is -0.900. The molecule has 1 atom stereocenters. The first-order chi connectivity index (χ1) is 6.45. The Balaban J connectivity index is 3.24. The average molecular weight is 261 g/mol. The molecule has 0 saturated heterocycles. The summed E-state index contributed by atoms with van der Waals surface area (Å²) in [5.41, 5.74) is 0.661. The quantitative estimate of drug-likeness (QED) is 0.888. The number of carbonyl (C=O) groups is 1. The predicted molar refractivity (Wildman–Crippen MR) is 54.9 cm³/mol. The Bertz CT molecular complexity index is 377. The molecule has 1 rings (SSSR count). The number of carboxylic acid groups (broad SMARTS) is 1. The Kier molecular flexibility index (Phi) is 3.26. The lowest BCUT2D eigenvalue weighted by atomic mass is 9.99. The van der Waals surface area contributed by atoms with Gasteiger partial charge >= 0.3 is 5.97 Å². The zero-order chi connectivity index (χ0) is 10.9. The summed E-state index contributed by atoms with van der Waals surface area (Å²) in [5.74, 6) is -2.29. The van der Waals surface area contributed by atoms with Gasteiger partial charge in [-0.1, -0.05) is 22.0 Å². The number of benzene rings is 1. The van der Waals surface area contributed by atoms with Gasteiger partial charge < -0.3 is 5.11 Å². The third-order valence-electron chi connectivity index (χ3n) is 2.19. The van der Waals surface area contributed by atoms with Gasteiger partial charge in [-0.3, -0.25) is 4.79 Å². The first-order valence-corrected chi connectivity index (χ1v) is 4.91. The van der Waals surface area contributed by atoms with Gasteiger partial charge in [-0.05, 0) is 25.5 Å². The molecule has 0 heterocycles. The maximum atomic E-state index is 13.6. The molecule has 1 N–H and O–H groups in total. The molecule has 0 aliphatic carbocycles. The van der Waals surface area contributed by atoms with Gasteiger partial charge in [-0.2, -0.15) is 0 Å². The van der Waals surface area contributed by atoms with Crippen molar-refractivity contribution >= 4 is 21.9 Å². The predicted octanol–water partition coefficient (Wildman–Crippen LogP) is 3.08. The number of carboxylic acids is 1. The van der Waals surface area contributed by atoms with Crippen LogP contribution in [0.15, 0.2) is 16.6 Å². The molecule has 0 bridgehead atoms. The van der Waals surface area contributed by atoms with Crippen LogP contribution in [0.5, 0.6) is 0 Å². The summed E-state index contributed by atoms with van der Waals surface area (Å²) in [6.07, 6.45) is 0.